The minimum atomic E-state index is -1.07. The van der Waals surface area contributed by atoms with E-state index < -0.39 is 17.7 Å². The number of anilines is 1. The normalized spacial score (nSPS) is 11.3. The number of carbonyl (C=O) groups is 2. The second-order valence-electron chi connectivity index (χ2n) is 5.24. The molecule has 0 aromatic carbocycles. The van der Waals surface area contributed by atoms with Crippen molar-refractivity contribution in [1.29, 1.82) is 0 Å². The molecule has 0 radical (unpaired) electrons. The molecule has 2 heterocycles. The predicted molar refractivity (Wildman–Crippen MR) is 72.0 cm³/mol. The number of carbonyl (C=O) groups excluding carboxylic acids is 1. The summed E-state index contributed by atoms with van der Waals surface area (Å²) in [5.74, 6) is -1.07. The Hall–Kier alpha value is -2.57. The molecule has 1 amide bonds. The van der Waals surface area contributed by atoms with E-state index in [1.54, 1.807) is 33.0 Å². The number of nitrogens with zero attached hydrogens (tertiary/aromatic N) is 2. The van der Waals surface area contributed by atoms with Crippen LogP contribution in [0.1, 0.15) is 31.1 Å². The molecule has 7 heteroatoms. The van der Waals surface area contributed by atoms with Gasteiger partial charge >= 0.3 is 12.1 Å². The lowest BCUT2D eigenvalue weighted by atomic mass is 10.2. The molecule has 0 bridgehead atoms. The maximum Gasteiger partial charge on any atom is 0.412 e. The molecule has 7 nitrogen and oxygen atoms in total. The highest BCUT2D eigenvalue weighted by atomic mass is 16.6. The quantitative estimate of drug-likeness (QED) is 0.879. The number of pyridine rings is 1. The second-order valence-corrected chi connectivity index (χ2v) is 5.24. The van der Waals surface area contributed by atoms with E-state index in [-0.39, 0.29) is 5.56 Å². The number of carboxylic acids is 1. The van der Waals surface area contributed by atoms with Crippen molar-refractivity contribution in [2.75, 3.05) is 5.32 Å². The SMILES string of the molecule is CC(C)(C)OC(=O)Nc1ccn2ncc(C(=O)O)c2c1. The Labute approximate surface area is 115 Å². The molecule has 20 heavy (non-hydrogen) atoms. The molecule has 0 aliphatic rings. The lowest BCUT2D eigenvalue weighted by Gasteiger charge is -2.19. The van der Waals surface area contributed by atoms with Crippen molar-refractivity contribution in [3.05, 3.63) is 30.1 Å². The zero-order valence-corrected chi connectivity index (χ0v) is 11.4. The van der Waals surface area contributed by atoms with Crippen molar-refractivity contribution in [2.45, 2.75) is 26.4 Å². The van der Waals surface area contributed by atoms with Gasteiger partial charge in [0.05, 0.1) is 11.7 Å². The summed E-state index contributed by atoms with van der Waals surface area (Å²) < 4.78 is 6.54. The van der Waals surface area contributed by atoms with E-state index in [0.29, 0.717) is 11.2 Å². The monoisotopic (exact) mass is 277 g/mol. The van der Waals surface area contributed by atoms with Gasteiger partial charge in [-0.2, -0.15) is 5.10 Å². The number of fused-ring (bicyclic) bond motifs is 1. The first-order valence-electron chi connectivity index (χ1n) is 5.97. The van der Waals surface area contributed by atoms with Crippen LogP contribution in [0.25, 0.3) is 5.52 Å². The molecule has 2 rings (SSSR count). The number of rotatable bonds is 2. The largest absolute Gasteiger partial charge is 0.478 e. The third-order valence-corrected chi connectivity index (χ3v) is 2.40. The van der Waals surface area contributed by atoms with Crippen LogP contribution in [-0.2, 0) is 4.74 Å². The second kappa shape index (κ2) is 4.84. The topological polar surface area (TPSA) is 92.9 Å². The average molecular weight is 277 g/mol. The van der Waals surface area contributed by atoms with E-state index >= 15 is 0 Å². The molecule has 0 aliphatic heterocycles. The number of ether oxygens (including phenoxy) is 1. The predicted octanol–water partition coefficient (Wildman–Crippen LogP) is 2.38. The molecule has 0 unspecified atom stereocenters. The third kappa shape index (κ3) is 3.05. The summed E-state index contributed by atoms with van der Waals surface area (Å²) in [7, 11) is 0. The van der Waals surface area contributed by atoms with Crippen LogP contribution in [0.4, 0.5) is 10.5 Å². The number of nitrogens with one attached hydrogen (secondary N) is 1. The fourth-order valence-corrected chi connectivity index (χ4v) is 1.64. The van der Waals surface area contributed by atoms with Crippen molar-refractivity contribution >= 4 is 23.3 Å². The van der Waals surface area contributed by atoms with Gasteiger partial charge in [0, 0.05) is 11.9 Å². The Morgan fingerprint density at radius 2 is 2.10 bits per heavy atom. The van der Waals surface area contributed by atoms with Gasteiger partial charge in [0.25, 0.3) is 0 Å². The first-order valence-corrected chi connectivity index (χ1v) is 5.97. The lowest BCUT2D eigenvalue weighted by Crippen LogP contribution is -2.27. The van der Waals surface area contributed by atoms with Crippen molar-refractivity contribution < 1.29 is 19.4 Å². The lowest BCUT2D eigenvalue weighted by molar-refractivity contribution is 0.0634. The standard InChI is InChI=1S/C13H15N3O4/c1-13(2,3)20-12(19)15-8-4-5-16-10(6-8)9(7-14-16)11(17)18/h4-7H,1-3H3,(H,15,19)(H,17,18). The van der Waals surface area contributed by atoms with Crippen LogP contribution in [0.2, 0.25) is 0 Å². The van der Waals surface area contributed by atoms with Gasteiger partial charge < -0.3 is 9.84 Å². The van der Waals surface area contributed by atoms with Gasteiger partial charge in [-0.3, -0.25) is 5.32 Å². The Morgan fingerprint density at radius 3 is 2.70 bits per heavy atom. The van der Waals surface area contributed by atoms with Gasteiger partial charge in [-0.15, -0.1) is 0 Å². The van der Waals surface area contributed by atoms with E-state index in [0.717, 1.165) is 0 Å². The van der Waals surface area contributed by atoms with Gasteiger partial charge in [-0.1, -0.05) is 0 Å². The first kappa shape index (κ1) is 13.9. The Bertz CT molecular complexity index is 670. The summed E-state index contributed by atoms with van der Waals surface area (Å²) in [5.41, 5.74) is 0.301. The summed E-state index contributed by atoms with van der Waals surface area (Å²) in [6.45, 7) is 5.28. The smallest absolute Gasteiger partial charge is 0.412 e. The van der Waals surface area contributed by atoms with Crippen LogP contribution < -0.4 is 5.32 Å². The molecule has 0 fully saturated rings. The fourth-order valence-electron chi connectivity index (χ4n) is 1.64. The molecular weight excluding hydrogens is 262 g/mol. The Balaban J connectivity index is 2.25. The molecule has 0 saturated carbocycles. The van der Waals surface area contributed by atoms with Crippen LogP contribution in [0.3, 0.4) is 0 Å². The van der Waals surface area contributed by atoms with E-state index in [1.165, 1.54) is 16.8 Å². The summed E-state index contributed by atoms with van der Waals surface area (Å²) in [6, 6.07) is 3.13. The maximum absolute atomic E-state index is 11.6. The third-order valence-electron chi connectivity index (χ3n) is 2.40. The van der Waals surface area contributed by atoms with Gasteiger partial charge in [-0.05, 0) is 32.9 Å². The van der Waals surface area contributed by atoms with E-state index in [1.807, 2.05) is 0 Å². The Morgan fingerprint density at radius 1 is 1.40 bits per heavy atom. The first-order chi connectivity index (χ1) is 9.26. The molecule has 2 aromatic rings. The molecular formula is C13H15N3O4. The van der Waals surface area contributed by atoms with Gasteiger partial charge in [-0.25, -0.2) is 14.1 Å². The van der Waals surface area contributed by atoms with Crippen LogP contribution >= 0.6 is 0 Å². The molecule has 2 aromatic heterocycles. The van der Waals surface area contributed by atoms with Gasteiger partial charge in [0.1, 0.15) is 11.2 Å². The zero-order chi connectivity index (χ0) is 14.9. The summed E-state index contributed by atoms with van der Waals surface area (Å²) >= 11 is 0. The summed E-state index contributed by atoms with van der Waals surface area (Å²) in [4.78, 5) is 22.7. The van der Waals surface area contributed by atoms with Crippen LogP contribution in [0.15, 0.2) is 24.5 Å². The number of carboxylic acid groups (broad SMARTS) is 1. The van der Waals surface area contributed by atoms with Crippen LogP contribution in [0.5, 0.6) is 0 Å². The average Bonchev–Trinajstić information content (AvgIpc) is 2.69. The number of amides is 1. The van der Waals surface area contributed by atoms with Crippen molar-refractivity contribution in [1.82, 2.24) is 9.61 Å². The fraction of sp³-hybridized carbons (Fsp3) is 0.308. The molecule has 0 aliphatic carbocycles. The van der Waals surface area contributed by atoms with Gasteiger partial charge in [0.2, 0.25) is 0 Å². The minimum Gasteiger partial charge on any atom is -0.478 e. The molecule has 0 spiro atoms. The van der Waals surface area contributed by atoms with Crippen molar-refractivity contribution in [2.24, 2.45) is 0 Å². The number of hydrogen-bond acceptors (Lipinski definition) is 4. The molecule has 106 valence electrons. The van der Waals surface area contributed by atoms with Crippen LogP contribution in [-0.4, -0.2) is 32.4 Å². The molecule has 0 saturated heterocycles. The maximum atomic E-state index is 11.6. The van der Waals surface area contributed by atoms with E-state index in [9.17, 15) is 9.59 Å². The molecule has 2 N–H and O–H groups in total. The highest BCUT2D eigenvalue weighted by Gasteiger charge is 2.17. The van der Waals surface area contributed by atoms with Crippen molar-refractivity contribution in [3.63, 3.8) is 0 Å². The van der Waals surface area contributed by atoms with Crippen LogP contribution in [0, 0.1) is 0 Å². The van der Waals surface area contributed by atoms with E-state index in [2.05, 4.69) is 10.4 Å². The Kier molecular flexibility index (Phi) is 3.35. The minimum absolute atomic E-state index is 0.0674. The number of aromatic carboxylic acids is 1. The molecule has 0 atom stereocenters. The highest BCUT2D eigenvalue weighted by Crippen LogP contribution is 2.17. The van der Waals surface area contributed by atoms with E-state index in [4.69, 9.17) is 9.84 Å². The number of hydrogen-bond donors (Lipinski definition) is 2. The summed E-state index contributed by atoms with van der Waals surface area (Å²) in [5, 5.41) is 15.5. The number of aromatic nitrogens is 2. The zero-order valence-electron chi connectivity index (χ0n) is 11.4. The summed E-state index contributed by atoms with van der Waals surface area (Å²) in [6.07, 6.45) is 2.22. The van der Waals surface area contributed by atoms with Gasteiger partial charge in [0.15, 0.2) is 0 Å². The van der Waals surface area contributed by atoms with Crippen molar-refractivity contribution in [3.8, 4) is 0 Å². The highest BCUT2D eigenvalue weighted by molar-refractivity contribution is 5.96.